The molecule has 4 rings (SSSR count). The number of aryl methyl sites for hydroxylation is 1. The summed E-state index contributed by atoms with van der Waals surface area (Å²) in [5, 5.41) is 3.46. The van der Waals surface area contributed by atoms with Gasteiger partial charge >= 0.3 is 0 Å². The summed E-state index contributed by atoms with van der Waals surface area (Å²) in [5.41, 5.74) is 1.61. The molecule has 0 aliphatic heterocycles. The first-order chi connectivity index (χ1) is 20.5. The zero-order chi connectivity index (χ0) is 31.1. The van der Waals surface area contributed by atoms with Crippen molar-refractivity contribution in [1.29, 1.82) is 0 Å². The van der Waals surface area contributed by atoms with Crippen molar-refractivity contribution in [2.45, 2.75) is 75.9 Å². The molecule has 0 heterocycles. The minimum atomic E-state index is -4.25. The Hall–Kier alpha value is -3.14. The summed E-state index contributed by atoms with van der Waals surface area (Å²) < 4.78 is 42.7. The smallest absolute Gasteiger partial charge is 0.264 e. The van der Waals surface area contributed by atoms with Gasteiger partial charge in [0.25, 0.3) is 10.0 Å². The van der Waals surface area contributed by atoms with E-state index in [1.807, 2.05) is 6.92 Å². The minimum absolute atomic E-state index is 0.0101. The molecular weight excluding hydrogens is 612 g/mol. The van der Waals surface area contributed by atoms with Crippen molar-refractivity contribution in [3.05, 3.63) is 93.7 Å². The zero-order valence-corrected chi connectivity index (χ0v) is 26.6. The summed E-state index contributed by atoms with van der Waals surface area (Å²) in [4.78, 5) is 29.1. The first kappa shape index (κ1) is 32.8. The molecule has 0 spiro atoms. The molecule has 3 aromatic carbocycles. The molecule has 1 N–H and O–H groups in total. The predicted octanol–water partition coefficient (Wildman–Crippen LogP) is 6.89. The van der Waals surface area contributed by atoms with Crippen molar-refractivity contribution in [2.24, 2.45) is 0 Å². The van der Waals surface area contributed by atoms with E-state index in [1.165, 1.54) is 47.4 Å². The number of halogens is 3. The third kappa shape index (κ3) is 8.28. The molecule has 230 valence electrons. The second kappa shape index (κ2) is 14.6. The van der Waals surface area contributed by atoms with Gasteiger partial charge in [-0.25, -0.2) is 12.8 Å². The second-order valence-electron chi connectivity index (χ2n) is 10.8. The van der Waals surface area contributed by atoms with E-state index in [9.17, 15) is 22.4 Å². The average molecular weight is 649 g/mol. The van der Waals surface area contributed by atoms with Crippen LogP contribution >= 0.6 is 23.2 Å². The molecule has 0 saturated heterocycles. The highest BCUT2D eigenvalue weighted by Crippen LogP contribution is 2.31. The molecule has 0 radical (unpaired) electrons. The Morgan fingerprint density at radius 3 is 2.21 bits per heavy atom. The molecule has 11 heteroatoms. The van der Waals surface area contributed by atoms with E-state index in [4.69, 9.17) is 23.2 Å². The normalized spacial score (nSPS) is 14.6. The maximum atomic E-state index is 14.2. The SMILES string of the molecule is CC[C@@H](C(=O)NC1CCCCC1)N(Cc1ccc(F)cc1)C(=O)CN(c1ccc(Cl)c(Cl)c1)S(=O)(=O)c1ccc(C)cc1. The molecule has 1 atom stereocenters. The van der Waals surface area contributed by atoms with E-state index >= 15 is 0 Å². The molecule has 3 aromatic rings. The number of hydrogen-bond donors (Lipinski definition) is 1. The molecule has 1 aliphatic rings. The molecule has 1 saturated carbocycles. The number of nitrogens with zero attached hydrogens (tertiary/aromatic N) is 2. The Morgan fingerprint density at radius 1 is 0.953 bits per heavy atom. The lowest BCUT2D eigenvalue weighted by Gasteiger charge is -2.34. The Bertz CT molecular complexity index is 1530. The minimum Gasteiger partial charge on any atom is -0.352 e. The second-order valence-corrected chi connectivity index (χ2v) is 13.5. The summed E-state index contributed by atoms with van der Waals surface area (Å²) in [6.45, 7) is 3.02. The number of anilines is 1. The van der Waals surface area contributed by atoms with Crippen LogP contribution in [-0.4, -0.2) is 43.8 Å². The lowest BCUT2D eigenvalue weighted by Crippen LogP contribution is -2.54. The van der Waals surface area contributed by atoms with Gasteiger partial charge in [0.05, 0.1) is 20.6 Å². The highest BCUT2D eigenvalue weighted by molar-refractivity contribution is 7.92. The quantitative estimate of drug-likeness (QED) is 0.245. The fourth-order valence-corrected chi connectivity index (χ4v) is 6.96. The molecule has 2 amide bonds. The largest absolute Gasteiger partial charge is 0.352 e. The lowest BCUT2D eigenvalue weighted by molar-refractivity contribution is -0.140. The Kier molecular flexibility index (Phi) is 11.1. The van der Waals surface area contributed by atoms with Crippen LogP contribution in [0, 0.1) is 12.7 Å². The number of nitrogens with one attached hydrogen (secondary N) is 1. The summed E-state index contributed by atoms with van der Waals surface area (Å²) in [5.74, 6) is -1.33. The van der Waals surface area contributed by atoms with Gasteiger partial charge in [-0.05, 0) is 74.2 Å². The standard InChI is InChI=1S/C32H36Cl2FN3O4S/c1-3-30(32(40)36-25-7-5-4-6-8-25)37(20-23-11-13-24(35)14-12-23)31(39)21-38(26-15-18-28(33)29(34)19-26)43(41,42)27-16-9-22(2)10-17-27/h9-19,25,30H,3-8,20-21H2,1-2H3,(H,36,40)/t30-/m0/s1. The molecule has 0 unspecified atom stereocenters. The number of carbonyl (C=O) groups excluding carboxylic acids is 2. The van der Waals surface area contributed by atoms with Crippen LogP contribution < -0.4 is 9.62 Å². The highest BCUT2D eigenvalue weighted by atomic mass is 35.5. The Labute approximate surface area is 263 Å². The fourth-order valence-electron chi connectivity index (χ4n) is 5.26. The number of rotatable bonds is 11. The van der Waals surface area contributed by atoms with Gasteiger partial charge in [0.15, 0.2) is 0 Å². The number of amides is 2. The van der Waals surface area contributed by atoms with Gasteiger partial charge in [-0.3, -0.25) is 13.9 Å². The predicted molar refractivity (Wildman–Crippen MR) is 168 cm³/mol. The number of benzene rings is 3. The van der Waals surface area contributed by atoms with Crippen LogP contribution in [0.1, 0.15) is 56.6 Å². The van der Waals surface area contributed by atoms with E-state index in [-0.39, 0.29) is 39.1 Å². The van der Waals surface area contributed by atoms with Crippen molar-refractivity contribution in [2.75, 3.05) is 10.8 Å². The van der Waals surface area contributed by atoms with Crippen LogP contribution in [0.4, 0.5) is 10.1 Å². The Morgan fingerprint density at radius 2 is 1.60 bits per heavy atom. The molecular formula is C32H36Cl2FN3O4S. The van der Waals surface area contributed by atoms with Gasteiger partial charge in [0.1, 0.15) is 18.4 Å². The topological polar surface area (TPSA) is 86.8 Å². The first-order valence-corrected chi connectivity index (χ1v) is 16.6. The molecule has 0 aromatic heterocycles. The number of hydrogen-bond acceptors (Lipinski definition) is 4. The van der Waals surface area contributed by atoms with Crippen molar-refractivity contribution >= 4 is 50.7 Å². The highest BCUT2D eigenvalue weighted by Gasteiger charge is 2.34. The summed E-state index contributed by atoms with van der Waals surface area (Å²) in [7, 11) is -4.25. The average Bonchev–Trinajstić information content (AvgIpc) is 2.99. The van der Waals surface area contributed by atoms with Gasteiger partial charge in [0, 0.05) is 12.6 Å². The number of carbonyl (C=O) groups is 2. The third-order valence-electron chi connectivity index (χ3n) is 7.68. The monoisotopic (exact) mass is 647 g/mol. The van der Waals surface area contributed by atoms with E-state index in [2.05, 4.69) is 5.32 Å². The van der Waals surface area contributed by atoms with Gasteiger partial charge in [-0.2, -0.15) is 0 Å². The van der Waals surface area contributed by atoms with Crippen LogP contribution in [0.15, 0.2) is 71.6 Å². The fraction of sp³-hybridized carbons (Fsp3) is 0.375. The molecule has 7 nitrogen and oxygen atoms in total. The maximum Gasteiger partial charge on any atom is 0.264 e. The molecule has 43 heavy (non-hydrogen) atoms. The summed E-state index contributed by atoms with van der Waals surface area (Å²) in [6.07, 6.45) is 5.20. The van der Waals surface area contributed by atoms with E-state index in [1.54, 1.807) is 31.2 Å². The summed E-state index contributed by atoms with van der Waals surface area (Å²) in [6, 6.07) is 15.4. The van der Waals surface area contributed by atoms with E-state index < -0.39 is 34.3 Å². The van der Waals surface area contributed by atoms with Gasteiger partial charge in [0.2, 0.25) is 11.8 Å². The first-order valence-electron chi connectivity index (χ1n) is 14.4. The molecule has 1 aliphatic carbocycles. The lowest BCUT2D eigenvalue weighted by atomic mass is 9.95. The maximum absolute atomic E-state index is 14.2. The van der Waals surface area contributed by atoms with Crippen LogP contribution in [-0.2, 0) is 26.2 Å². The van der Waals surface area contributed by atoms with Gasteiger partial charge in [-0.15, -0.1) is 0 Å². The van der Waals surface area contributed by atoms with Crippen molar-refractivity contribution in [3.8, 4) is 0 Å². The van der Waals surface area contributed by atoms with Gasteiger partial charge < -0.3 is 10.2 Å². The van der Waals surface area contributed by atoms with Crippen LogP contribution in [0.25, 0.3) is 0 Å². The number of sulfonamides is 1. The van der Waals surface area contributed by atoms with Crippen molar-refractivity contribution in [3.63, 3.8) is 0 Å². The molecule has 0 bridgehead atoms. The third-order valence-corrected chi connectivity index (χ3v) is 10.2. The summed E-state index contributed by atoms with van der Waals surface area (Å²) >= 11 is 12.4. The van der Waals surface area contributed by atoms with E-state index in [0.717, 1.165) is 42.0 Å². The van der Waals surface area contributed by atoms with Crippen LogP contribution in [0.2, 0.25) is 10.0 Å². The van der Waals surface area contributed by atoms with Crippen molar-refractivity contribution in [1.82, 2.24) is 10.2 Å². The van der Waals surface area contributed by atoms with Crippen LogP contribution in [0.5, 0.6) is 0 Å². The Balaban J connectivity index is 1.72. The molecule has 1 fully saturated rings. The van der Waals surface area contributed by atoms with Crippen molar-refractivity contribution < 1.29 is 22.4 Å². The van der Waals surface area contributed by atoms with Gasteiger partial charge in [-0.1, -0.05) is 79.2 Å². The zero-order valence-electron chi connectivity index (χ0n) is 24.2. The van der Waals surface area contributed by atoms with E-state index in [0.29, 0.717) is 12.0 Å². The van der Waals surface area contributed by atoms with Crippen LogP contribution in [0.3, 0.4) is 0 Å².